The number of hydrogen-bond donors (Lipinski definition) is 0. The van der Waals surface area contributed by atoms with Crippen LogP contribution in [0.1, 0.15) is 11.3 Å². The maximum Gasteiger partial charge on any atom is 0.256 e. The zero-order chi connectivity index (χ0) is 11.5. The van der Waals surface area contributed by atoms with Crippen molar-refractivity contribution in [2.24, 2.45) is 0 Å². The summed E-state index contributed by atoms with van der Waals surface area (Å²) in [6.45, 7) is 1.88. The van der Waals surface area contributed by atoms with Gasteiger partial charge >= 0.3 is 0 Å². The summed E-state index contributed by atoms with van der Waals surface area (Å²) >= 11 is 4.64. The fourth-order valence-electron chi connectivity index (χ4n) is 1.17. The molecule has 0 atom stereocenters. The fourth-order valence-corrected chi connectivity index (χ4v) is 2.39. The highest BCUT2D eigenvalue weighted by Gasteiger charge is 2.04. The SMILES string of the molecule is Cc1coc(SCc2ccc(F)c(Br)c2)n1. The molecule has 0 saturated carbocycles. The summed E-state index contributed by atoms with van der Waals surface area (Å²) in [6.07, 6.45) is 1.61. The third kappa shape index (κ3) is 2.86. The third-order valence-corrected chi connectivity index (χ3v) is 3.46. The Morgan fingerprint density at radius 3 is 2.94 bits per heavy atom. The van der Waals surface area contributed by atoms with Crippen molar-refractivity contribution in [3.63, 3.8) is 0 Å². The molecule has 16 heavy (non-hydrogen) atoms. The molecule has 0 aliphatic heterocycles. The Bertz CT molecular complexity index is 500. The van der Waals surface area contributed by atoms with Crippen molar-refractivity contribution in [3.8, 4) is 0 Å². The van der Waals surface area contributed by atoms with E-state index in [1.54, 1.807) is 18.4 Å². The monoisotopic (exact) mass is 301 g/mol. The highest BCUT2D eigenvalue weighted by molar-refractivity contribution is 9.10. The van der Waals surface area contributed by atoms with Gasteiger partial charge in [0, 0.05) is 5.75 Å². The molecule has 1 aromatic heterocycles. The number of oxazole rings is 1. The largest absolute Gasteiger partial charge is 0.440 e. The van der Waals surface area contributed by atoms with E-state index in [1.165, 1.54) is 17.8 Å². The zero-order valence-electron chi connectivity index (χ0n) is 8.54. The van der Waals surface area contributed by atoms with Gasteiger partial charge in [-0.1, -0.05) is 17.8 Å². The normalized spacial score (nSPS) is 10.7. The number of halogens is 2. The minimum absolute atomic E-state index is 0.249. The lowest BCUT2D eigenvalue weighted by Crippen LogP contribution is -1.84. The van der Waals surface area contributed by atoms with Crippen molar-refractivity contribution in [3.05, 3.63) is 46.0 Å². The summed E-state index contributed by atoms with van der Waals surface area (Å²) in [5.74, 6) is 0.458. The molecule has 0 aliphatic carbocycles. The van der Waals surface area contributed by atoms with E-state index in [0.717, 1.165) is 11.3 Å². The van der Waals surface area contributed by atoms with E-state index in [2.05, 4.69) is 20.9 Å². The van der Waals surface area contributed by atoms with E-state index in [-0.39, 0.29) is 5.82 Å². The van der Waals surface area contributed by atoms with Crippen LogP contribution in [0, 0.1) is 12.7 Å². The Hall–Kier alpha value is -0.810. The molecule has 0 fully saturated rings. The van der Waals surface area contributed by atoms with Gasteiger partial charge in [0.05, 0.1) is 10.2 Å². The van der Waals surface area contributed by atoms with E-state index in [1.807, 2.05) is 6.92 Å². The number of benzene rings is 1. The van der Waals surface area contributed by atoms with Crippen LogP contribution >= 0.6 is 27.7 Å². The van der Waals surface area contributed by atoms with Gasteiger partial charge in [0.1, 0.15) is 12.1 Å². The second kappa shape index (κ2) is 5.01. The summed E-state index contributed by atoms with van der Waals surface area (Å²) in [4.78, 5) is 4.18. The second-order valence-electron chi connectivity index (χ2n) is 3.29. The van der Waals surface area contributed by atoms with Gasteiger partial charge in [-0.05, 0) is 40.5 Å². The molecule has 0 radical (unpaired) electrons. The maximum absolute atomic E-state index is 13.0. The third-order valence-electron chi connectivity index (χ3n) is 1.94. The average molecular weight is 302 g/mol. The molecule has 2 aromatic rings. The summed E-state index contributed by atoms with van der Waals surface area (Å²) in [7, 11) is 0. The minimum atomic E-state index is -0.249. The average Bonchev–Trinajstić information content (AvgIpc) is 2.66. The molecule has 1 aromatic carbocycles. The van der Waals surface area contributed by atoms with Crippen molar-refractivity contribution < 1.29 is 8.81 Å². The molecular weight excluding hydrogens is 293 g/mol. The molecule has 5 heteroatoms. The number of aryl methyl sites for hydroxylation is 1. The molecule has 2 rings (SSSR count). The van der Waals surface area contributed by atoms with E-state index in [0.29, 0.717) is 15.4 Å². The summed E-state index contributed by atoms with van der Waals surface area (Å²) < 4.78 is 18.7. The molecule has 0 spiro atoms. The molecule has 1 heterocycles. The highest BCUT2D eigenvalue weighted by Crippen LogP contribution is 2.24. The molecule has 84 valence electrons. The van der Waals surface area contributed by atoms with Gasteiger partial charge in [0.2, 0.25) is 0 Å². The lowest BCUT2D eigenvalue weighted by Gasteiger charge is -2.00. The number of rotatable bonds is 3. The summed E-state index contributed by atoms with van der Waals surface area (Å²) in [5, 5.41) is 0.637. The van der Waals surface area contributed by atoms with Gasteiger partial charge in [-0.15, -0.1) is 0 Å². The van der Waals surface area contributed by atoms with Crippen molar-refractivity contribution in [2.75, 3.05) is 0 Å². The van der Waals surface area contributed by atoms with Crippen LogP contribution in [0.3, 0.4) is 0 Å². The first-order valence-electron chi connectivity index (χ1n) is 4.64. The molecule has 0 unspecified atom stereocenters. The van der Waals surface area contributed by atoms with Crippen LogP contribution in [0.4, 0.5) is 4.39 Å². The lowest BCUT2D eigenvalue weighted by atomic mass is 10.2. The highest BCUT2D eigenvalue weighted by atomic mass is 79.9. The Balaban J connectivity index is 2.02. The van der Waals surface area contributed by atoms with Crippen LogP contribution in [0.2, 0.25) is 0 Å². The molecule has 0 amide bonds. The minimum Gasteiger partial charge on any atom is -0.440 e. The Morgan fingerprint density at radius 1 is 1.50 bits per heavy atom. The van der Waals surface area contributed by atoms with E-state index < -0.39 is 0 Å². The molecule has 0 N–H and O–H groups in total. The standard InChI is InChI=1S/C11H9BrFNOS/c1-7-5-15-11(14-7)16-6-8-2-3-10(13)9(12)4-8/h2-5H,6H2,1H3. The van der Waals surface area contributed by atoms with Gasteiger partial charge < -0.3 is 4.42 Å². The van der Waals surface area contributed by atoms with Crippen LogP contribution in [0.5, 0.6) is 0 Å². The molecule has 0 aliphatic rings. The van der Waals surface area contributed by atoms with Gasteiger partial charge in [-0.2, -0.15) is 0 Å². The van der Waals surface area contributed by atoms with Gasteiger partial charge in [0.25, 0.3) is 5.22 Å². The van der Waals surface area contributed by atoms with Gasteiger partial charge in [-0.3, -0.25) is 0 Å². The smallest absolute Gasteiger partial charge is 0.256 e. The number of nitrogens with zero attached hydrogens (tertiary/aromatic N) is 1. The molecule has 0 bridgehead atoms. The number of thioether (sulfide) groups is 1. The van der Waals surface area contributed by atoms with Crippen molar-refractivity contribution in [2.45, 2.75) is 17.9 Å². The number of aromatic nitrogens is 1. The first-order valence-corrected chi connectivity index (χ1v) is 6.42. The van der Waals surface area contributed by atoms with Crippen LogP contribution in [0.15, 0.2) is 38.6 Å². The molecule has 2 nitrogen and oxygen atoms in total. The number of hydrogen-bond acceptors (Lipinski definition) is 3. The Morgan fingerprint density at radius 2 is 2.31 bits per heavy atom. The van der Waals surface area contributed by atoms with Crippen LogP contribution < -0.4 is 0 Å². The predicted octanol–water partition coefficient (Wildman–Crippen LogP) is 4.18. The summed E-state index contributed by atoms with van der Waals surface area (Å²) in [5.41, 5.74) is 1.89. The van der Waals surface area contributed by atoms with Crippen LogP contribution in [-0.2, 0) is 5.75 Å². The van der Waals surface area contributed by atoms with Crippen molar-refractivity contribution in [1.82, 2.24) is 4.98 Å². The van der Waals surface area contributed by atoms with Crippen LogP contribution in [-0.4, -0.2) is 4.98 Å². The van der Waals surface area contributed by atoms with E-state index >= 15 is 0 Å². The fraction of sp³-hybridized carbons (Fsp3) is 0.182. The first-order chi connectivity index (χ1) is 7.65. The molecular formula is C11H9BrFNOS. The predicted molar refractivity (Wildman–Crippen MR) is 64.9 cm³/mol. The lowest BCUT2D eigenvalue weighted by molar-refractivity contribution is 0.454. The van der Waals surface area contributed by atoms with Crippen LogP contribution in [0.25, 0.3) is 0 Å². The van der Waals surface area contributed by atoms with Gasteiger partial charge in [0.15, 0.2) is 0 Å². The van der Waals surface area contributed by atoms with E-state index in [9.17, 15) is 4.39 Å². The van der Waals surface area contributed by atoms with Gasteiger partial charge in [-0.25, -0.2) is 9.37 Å². The first kappa shape index (κ1) is 11.7. The van der Waals surface area contributed by atoms with E-state index in [4.69, 9.17) is 4.42 Å². The quantitative estimate of drug-likeness (QED) is 0.796. The Kier molecular flexibility index (Phi) is 3.66. The zero-order valence-corrected chi connectivity index (χ0v) is 10.9. The molecule has 0 saturated heterocycles. The van der Waals surface area contributed by atoms with Crippen molar-refractivity contribution >= 4 is 27.7 Å². The maximum atomic E-state index is 13.0. The second-order valence-corrected chi connectivity index (χ2v) is 5.07. The Labute approximate surface area is 105 Å². The van der Waals surface area contributed by atoms with Crippen molar-refractivity contribution in [1.29, 1.82) is 0 Å². The summed E-state index contributed by atoms with van der Waals surface area (Å²) in [6, 6.07) is 4.96. The topological polar surface area (TPSA) is 26.0 Å².